The zero-order valence-electron chi connectivity index (χ0n) is 20.1. The SMILES string of the molecule is Cc1ccc2c(c1)-c1ccccc1S(=O)(=O)N2CC(=O)Nc1ccc(S(=O)(=O)Nc2ccc(Br)cc2)cc1. The maximum Gasteiger partial charge on any atom is 0.265 e. The van der Waals surface area contributed by atoms with Crippen molar-refractivity contribution in [3.05, 3.63) is 101 Å². The van der Waals surface area contributed by atoms with E-state index in [9.17, 15) is 21.6 Å². The van der Waals surface area contributed by atoms with Gasteiger partial charge in [0.15, 0.2) is 0 Å². The molecule has 11 heteroatoms. The molecule has 0 bridgehead atoms. The molecular formula is C27H22BrN3O5S2. The molecule has 1 aliphatic rings. The maximum absolute atomic E-state index is 13.4. The van der Waals surface area contributed by atoms with E-state index in [4.69, 9.17) is 0 Å². The lowest BCUT2D eigenvalue weighted by atomic mass is 10.0. The third kappa shape index (κ3) is 5.04. The van der Waals surface area contributed by atoms with E-state index in [0.29, 0.717) is 22.6 Å². The molecule has 194 valence electrons. The van der Waals surface area contributed by atoms with Crippen molar-refractivity contribution in [2.75, 3.05) is 20.9 Å². The average Bonchev–Trinajstić information content (AvgIpc) is 2.88. The Kier molecular flexibility index (Phi) is 6.76. The minimum atomic E-state index is -3.97. The lowest BCUT2D eigenvalue weighted by molar-refractivity contribution is -0.114. The molecule has 0 aromatic heterocycles. The second-order valence-corrected chi connectivity index (χ2v) is 13.1. The molecule has 4 aromatic carbocycles. The molecule has 0 spiro atoms. The molecule has 1 amide bonds. The van der Waals surface area contributed by atoms with Gasteiger partial charge in [0.2, 0.25) is 5.91 Å². The fourth-order valence-electron chi connectivity index (χ4n) is 4.20. The van der Waals surface area contributed by atoms with Crippen LogP contribution in [0.2, 0.25) is 0 Å². The number of rotatable bonds is 6. The number of anilines is 3. The standard InChI is InChI=1S/C27H22BrN3O5S2/c1-18-6-15-25-24(16-18)23-4-2-3-5-26(23)38(35,36)31(25)17-27(32)29-20-11-13-22(14-12-20)37(33,34)30-21-9-7-19(28)8-10-21/h2-16,30H,17H2,1H3,(H,29,32). The van der Waals surface area contributed by atoms with Gasteiger partial charge in [-0.25, -0.2) is 16.8 Å². The maximum atomic E-state index is 13.4. The van der Waals surface area contributed by atoms with Crippen LogP contribution in [-0.4, -0.2) is 29.3 Å². The van der Waals surface area contributed by atoms with E-state index in [0.717, 1.165) is 19.9 Å². The van der Waals surface area contributed by atoms with Crippen molar-refractivity contribution in [1.82, 2.24) is 0 Å². The lowest BCUT2D eigenvalue weighted by Crippen LogP contribution is -2.40. The minimum Gasteiger partial charge on any atom is -0.325 e. The summed E-state index contributed by atoms with van der Waals surface area (Å²) in [6.07, 6.45) is 0. The van der Waals surface area contributed by atoms with Crippen LogP contribution in [-0.2, 0) is 24.8 Å². The fraction of sp³-hybridized carbons (Fsp3) is 0.0741. The topological polar surface area (TPSA) is 113 Å². The summed E-state index contributed by atoms with van der Waals surface area (Å²) >= 11 is 3.30. The van der Waals surface area contributed by atoms with Crippen molar-refractivity contribution in [2.45, 2.75) is 16.7 Å². The first kappa shape index (κ1) is 26.0. The van der Waals surface area contributed by atoms with Crippen molar-refractivity contribution in [1.29, 1.82) is 0 Å². The summed E-state index contributed by atoms with van der Waals surface area (Å²) in [4.78, 5) is 13.1. The van der Waals surface area contributed by atoms with E-state index in [-0.39, 0.29) is 9.79 Å². The highest BCUT2D eigenvalue weighted by atomic mass is 79.9. The highest BCUT2D eigenvalue weighted by Crippen LogP contribution is 2.43. The van der Waals surface area contributed by atoms with Gasteiger partial charge >= 0.3 is 0 Å². The smallest absolute Gasteiger partial charge is 0.265 e. The summed E-state index contributed by atoms with van der Waals surface area (Å²) in [5.41, 5.74) is 3.45. The number of nitrogens with zero attached hydrogens (tertiary/aromatic N) is 1. The third-order valence-electron chi connectivity index (χ3n) is 6.00. The van der Waals surface area contributed by atoms with Gasteiger partial charge in [0.1, 0.15) is 6.54 Å². The zero-order valence-corrected chi connectivity index (χ0v) is 23.3. The molecule has 0 unspecified atom stereocenters. The first-order valence-corrected chi connectivity index (χ1v) is 15.2. The van der Waals surface area contributed by atoms with Crippen molar-refractivity contribution in [2.24, 2.45) is 0 Å². The van der Waals surface area contributed by atoms with Gasteiger partial charge < -0.3 is 5.32 Å². The second kappa shape index (κ2) is 9.90. The zero-order chi connectivity index (χ0) is 27.1. The molecule has 8 nitrogen and oxygen atoms in total. The number of sulfonamides is 2. The van der Waals surface area contributed by atoms with E-state index in [2.05, 4.69) is 26.0 Å². The summed E-state index contributed by atoms with van der Waals surface area (Å²) in [7, 11) is -7.81. The summed E-state index contributed by atoms with van der Waals surface area (Å²) < 4.78 is 56.7. The second-order valence-electron chi connectivity index (χ2n) is 8.71. The minimum absolute atomic E-state index is 0.0120. The molecule has 0 saturated carbocycles. The largest absolute Gasteiger partial charge is 0.325 e. The highest BCUT2D eigenvalue weighted by Gasteiger charge is 2.35. The number of carbonyl (C=O) groups excluding carboxylic acids is 1. The molecule has 1 aliphatic heterocycles. The van der Waals surface area contributed by atoms with Crippen molar-refractivity contribution < 1.29 is 21.6 Å². The lowest BCUT2D eigenvalue weighted by Gasteiger charge is -2.31. The number of fused-ring (bicyclic) bond motifs is 3. The number of nitrogens with one attached hydrogen (secondary N) is 2. The summed E-state index contributed by atoms with van der Waals surface area (Å²) in [5.74, 6) is -0.567. The Hall–Kier alpha value is -3.67. The summed E-state index contributed by atoms with van der Waals surface area (Å²) in [6.45, 7) is 1.47. The van der Waals surface area contributed by atoms with Crippen LogP contribution in [0, 0.1) is 6.92 Å². The molecule has 1 heterocycles. The van der Waals surface area contributed by atoms with Gasteiger partial charge in [0, 0.05) is 27.0 Å². The molecule has 0 atom stereocenters. The number of hydrogen-bond acceptors (Lipinski definition) is 5. The Morgan fingerprint density at radius 1 is 0.868 bits per heavy atom. The van der Waals surface area contributed by atoms with Gasteiger partial charge in [-0.05, 0) is 73.7 Å². The number of aryl methyl sites for hydroxylation is 1. The van der Waals surface area contributed by atoms with Crippen LogP contribution in [0.3, 0.4) is 0 Å². The number of carbonyl (C=O) groups is 1. The third-order valence-corrected chi connectivity index (χ3v) is 9.74. The number of hydrogen-bond donors (Lipinski definition) is 2. The van der Waals surface area contributed by atoms with Crippen LogP contribution in [0.5, 0.6) is 0 Å². The Bertz CT molecular complexity index is 1760. The Balaban J connectivity index is 1.34. The Labute approximate surface area is 229 Å². The highest BCUT2D eigenvalue weighted by molar-refractivity contribution is 9.10. The molecule has 0 saturated heterocycles. The number of amides is 1. The molecule has 5 rings (SSSR count). The van der Waals surface area contributed by atoms with Gasteiger partial charge in [-0.15, -0.1) is 0 Å². The average molecular weight is 613 g/mol. The quantitative estimate of drug-likeness (QED) is 0.304. The van der Waals surface area contributed by atoms with Gasteiger partial charge in [0.25, 0.3) is 20.0 Å². The van der Waals surface area contributed by atoms with Gasteiger partial charge in [-0.3, -0.25) is 13.8 Å². The first-order valence-electron chi connectivity index (χ1n) is 11.5. The van der Waals surface area contributed by atoms with Gasteiger partial charge in [-0.1, -0.05) is 45.8 Å². The summed E-state index contributed by atoms with van der Waals surface area (Å²) in [6, 6.07) is 24.4. The van der Waals surface area contributed by atoms with Crippen molar-refractivity contribution in [3.8, 4) is 11.1 Å². The Morgan fingerprint density at radius 3 is 2.24 bits per heavy atom. The van der Waals surface area contributed by atoms with E-state index in [1.54, 1.807) is 54.6 Å². The fourth-order valence-corrected chi connectivity index (χ4v) is 7.17. The van der Waals surface area contributed by atoms with Crippen molar-refractivity contribution >= 4 is 58.9 Å². The molecule has 0 fully saturated rings. The van der Waals surface area contributed by atoms with E-state index in [1.807, 2.05) is 13.0 Å². The molecule has 0 radical (unpaired) electrons. The van der Waals surface area contributed by atoms with Crippen LogP contribution in [0.4, 0.5) is 17.1 Å². The van der Waals surface area contributed by atoms with Crippen LogP contribution in [0.15, 0.2) is 105 Å². The molecule has 4 aromatic rings. The summed E-state index contributed by atoms with van der Waals surface area (Å²) in [5, 5.41) is 2.66. The molecule has 2 N–H and O–H groups in total. The van der Waals surface area contributed by atoms with Crippen molar-refractivity contribution in [3.63, 3.8) is 0 Å². The van der Waals surface area contributed by atoms with Gasteiger partial charge in [0.05, 0.1) is 15.5 Å². The monoisotopic (exact) mass is 611 g/mol. The van der Waals surface area contributed by atoms with Crippen LogP contribution in [0.25, 0.3) is 11.1 Å². The predicted octanol–water partition coefficient (Wildman–Crippen LogP) is 5.37. The van der Waals surface area contributed by atoms with Crippen LogP contribution < -0.4 is 14.3 Å². The van der Waals surface area contributed by atoms with E-state index >= 15 is 0 Å². The Morgan fingerprint density at radius 2 is 1.53 bits per heavy atom. The van der Waals surface area contributed by atoms with Crippen LogP contribution in [0.1, 0.15) is 5.56 Å². The molecule has 38 heavy (non-hydrogen) atoms. The van der Waals surface area contributed by atoms with E-state index < -0.39 is 32.5 Å². The molecule has 0 aliphatic carbocycles. The number of benzene rings is 4. The normalized spacial score (nSPS) is 13.8. The molecular weight excluding hydrogens is 590 g/mol. The number of halogens is 1. The van der Waals surface area contributed by atoms with E-state index in [1.165, 1.54) is 30.3 Å². The van der Waals surface area contributed by atoms with Crippen LogP contribution >= 0.6 is 15.9 Å². The first-order chi connectivity index (χ1) is 18.0. The van der Waals surface area contributed by atoms with Gasteiger partial charge in [-0.2, -0.15) is 0 Å². The predicted molar refractivity (Wildman–Crippen MR) is 151 cm³/mol.